The van der Waals surface area contributed by atoms with E-state index in [-0.39, 0.29) is 27.6 Å². The van der Waals surface area contributed by atoms with Crippen LogP contribution in [-0.2, 0) is 10.0 Å². The van der Waals surface area contributed by atoms with E-state index in [1.807, 2.05) is 0 Å². The fourth-order valence-corrected chi connectivity index (χ4v) is 3.22. The molecule has 2 aromatic carbocycles. The van der Waals surface area contributed by atoms with Crippen molar-refractivity contribution in [2.45, 2.75) is 11.8 Å². The summed E-state index contributed by atoms with van der Waals surface area (Å²) in [6.45, 7) is 1.93. The molecular formula is C16H16ClN3O4S. The zero-order valence-electron chi connectivity index (χ0n) is 13.2. The summed E-state index contributed by atoms with van der Waals surface area (Å²) in [6, 6.07) is 11.7. The Morgan fingerprint density at radius 1 is 0.960 bits per heavy atom. The molecule has 0 aromatic heterocycles. The molecule has 2 aromatic rings. The Morgan fingerprint density at radius 3 is 2.16 bits per heavy atom. The Hall–Kier alpha value is -2.42. The van der Waals surface area contributed by atoms with E-state index in [0.29, 0.717) is 0 Å². The largest absolute Gasteiger partial charge is 0.271 e. The first kappa shape index (κ1) is 18.9. The van der Waals surface area contributed by atoms with Crippen molar-refractivity contribution in [3.8, 4) is 0 Å². The number of hydrogen-bond acceptors (Lipinski definition) is 4. The lowest BCUT2D eigenvalue weighted by Gasteiger charge is -2.09. The van der Waals surface area contributed by atoms with Gasteiger partial charge in [-0.1, -0.05) is 30.7 Å². The summed E-state index contributed by atoms with van der Waals surface area (Å²) in [5.74, 6) is -1.15. The van der Waals surface area contributed by atoms with Crippen molar-refractivity contribution in [2.24, 2.45) is 0 Å². The first-order chi connectivity index (χ1) is 11.8. The third kappa shape index (κ3) is 4.79. The lowest BCUT2D eigenvalue weighted by molar-refractivity contribution is 0.0846. The first-order valence-corrected chi connectivity index (χ1v) is 9.16. The van der Waals surface area contributed by atoms with Gasteiger partial charge in [-0.05, 0) is 36.4 Å². The van der Waals surface area contributed by atoms with E-state index in [1.165, 1.54) is 30.3 Å². The monoisotopic (exact) mass is 381 g/mol. The summed E-state index contributed by atoms with van der Waals surface area (Å²) >= 11 is 5.90. The van der Waals surface area contributed by atoms with Crippen LogP contribution in [0.4, 0.5) is 0 Å². The van der Waals surface area contributed by atoms with Crippen LogP contribution in [0.2, 0.25) is 5.02 Å². The minimum atomic E-state index is -3.59. The third-order valence-corrected chi connectivity index (χ3v) is 5.06. The second-order valence-corrected chi connectivity index (χ2v) is 7.09. The van der Waals surface area contributed by atoms with Crippen molar-refractivity contribution in [3.63, 3.8) is 0 Å². The van der Waals surface area contributed by atoms with Crippen molar-refractivity contribution >= 4 is 33.4 Å². The second kappa shape index (κ2) is 8.11. The quantitative estimate of drug-likeness (QED) is 0.686. The van der Waals surface area contributed by atoms with Gasteiger partial charge in [-0.3, -0.25) is 20.4 Å². The van der Waals surface area contributed by atoms with Crippen molar-refractivity contribution in [1.29, 1.82) is 0 Å². The molecule has 0 saturated heterocycles. The van der Waals surface area contributed by atoms with Gasteiger partial charge in [0.2, 0.25) is 10.0 Å². The number of hydrogen-bond donors (Lipinski definition) is 3. The number of rotatable bonds is 5. The highest BCUT2D eigenvalue weighted by Crippen LogP contribution is 2.14. The second-order valence-electron chi connectivity index (χ2n) is 4.91. The number of carbonyl (C=O) groups excluding carboxylic acids is 2. The fourth-order valence-electron chi connectivity index (χ4n) is 1.96. The Balaban J connectivity index is 2.02. The molecule has 0 saturated carbocycles. The van der Waals surface area contributed by atoms with Crippen molar-refractivity contribution in [3.05, 3.63) is 64.7 Å². The predicted molar refractivity (Wildman–Crippen MR) is 93.7 cm³/mol. The van der Waals surface area contributed by atoms with E-state index < -0.39 is 21.8 Å². The highest BCUT2D eigenvalue weighted by molar-refractivity contribution is 7.89. The number of halogens is 1. The highest BCUT2D eigenvalue weighted by atomic mass is 35.5. The zero-order valence-corrected chi connectivity index (χ0v) is 14.8. The summed E-state index contributed by atoms with van der Waals surface area (Å²) in [5.41, 5.74) is 4.90. The molecule has 0 aliphatic carbocycles. The number of hydrazine groups is 1. The fraction of sp³-hybridized carbons (Fsp3) is 0.125. The van der Waals surface area contributed by atoms with E-state index in [1.54, 1.807) is 25.1 Å². The maximum absolute atomic E-state index is 12.0. The molecule has 0 aliphatic rings. The smallest absolute Gasteiger partial charge is 0.267 e. The lowest BCUT2D eigenvalue weighted by atomic mass is 10.2. The molecule has 0 heterocycles. The van der Waals surface area contributed by atoms with E-state index in [4.69, 9.17) is 11.6 Å². The van der Waals surface area contributed by atoms with E-state index >= 15 is 0 Å². The molecule has 0 atom stereocenters. The van der Waals surface area contributed by atoms with Gasteiger partial charge in [0.05, 0.1) is 15.5 Å². The van der Waals surface area contributed by atoms with Crippen LogP contribution in [0.25, 0.3) is 0 Å². The zero-order chi connectivity index (χ0) is 18.4. The van der Waals surface area contributed by atoms with Crippen LogP contribution >= 0.6 is 11.6 Å². The van der Waals surface area contributed by atoms with Gasteiger partial charge in [0.15, 0.2) is 0 Å². The average Bonchev–Trinajstić information content (AvgIpc) is 2.60. The Bertz CT molecular complexity index is 883. The molecule has 132 valence electrons. The molecule has 0 aliphatic heterocycles. The average molecular weight is 382 g/mol. The van der Waals surface area contributed by atoms with Gasteiger partial charge in [0.25, 0.3) is 11.8 Å². The molecule has 25 heavy (non-hydrogen) atoms. The maximum atomic E-state index is 12.0. The number of sulfonamides is 1. The highest BCUT2D eigenvalue weighted by Gasteiger charge is 2.15. The Morgan fingerprint density at radius 2 is 1.56 bits per heavy atom. The molecule has 7 nitrogen and oxygen atoms in total. The molecule has 0 fully saturated rings. The first-order valence-electron chi connectivity index (χ1n) is 7.30. The van der Waals surface area contributed by atoms with E-state index in [0.717, 1.165) is 0 Å². The molecule has 0 spiro atoms. The number of benzene rings is 2. The number of carbonyl (C=O) groups is 2. The van der Waals surface area contributed by atoms with E-state index in [9.17, 15) is 18.0 Å². The van der Waals surface area contributed by atoms with Crippen LogP contribution in [-0.4, -0.2) is 26.8 Å². The predicted octanol–water partition coefficient (Wildman–Crippen LogP) is 1.71. The molecule has 9 heteroatoms. The summed E-state index contributed by atoms with van der Waals surface area (Å²) in [7, 11) is -3.59. The summed E-state index contributed by atoms with van der Waals surface area (Å²) in [5, 5.41) is 0.257. The SMILES string of the molecule is CCNS(=O)(=O)c1ccc(C(=O)NNC(=O)c2ccccc2Cl)cc1. The van der Waals surface area contributed by atoms with Gasteiger partial charge in [-0.25, -0.2) is 13.1 Å². The molecule has 2 amide bonds. The van der Waals surface area contributed by atoms with Gasteiger partial charge in [0, 0.05) is 12.1 Å². The summed E-state index contributed by atoms with van der Waals surface area (Å²) in [6.07, 6.45) is 0. The maximum Gasteiger partial charge on any atom is 0.271 e. The van der Waals surface area contributed by atoms with Crippen LogP contribution in [0.5, 0.6) is 0 Å². The topological polar surface area (TPSA) is 104 Å². The number of nitrogens with one attached hydrogen (secondary N) is 3. The van der Waals surface area contributed by atoms with Crippen molar-refractivity contribution in [2.75, 3.05) is 6.54 Å². The normalized spacial score (nSPS) is 11.0. The van der Waals surface area contributed by atoms with Gasteiger partial charge < -0.3 is 0 Å². The van der Waals surface area contributed by atoms with Crippen molar-refractivity contribution < 1.29 is 18.0 Å². The summed E-state index contributed by atoms with van der Waals surface area (Å²) < 4.78 is 26.0. The minimum absolute atomic E-state index is 0.0472. The van der Waals surface area contributed by atoms with E-state index in [2.05, 4.69) is 15.6 Å². The van der Waals surface area contributed by atoms with Gasteiger partial charge in [-0.15, -0.1) is 0 Å². The minimum Gasteiger partial charge on any atom is -0.267 e. The van der Waals surface area contributed by atoms with Crippen LogP contribution in [0.15, 0.2) is 53.4 Å². The van der Waals surface area contributed by atoms with Gasteiger partial charge in [-0.2, -0.15) is 0 Å². The molecule has 0 radical (unpaired) electrons. The molecule has 0 bridgehead atoms. The van der Waals surface area contributed by atoms with Crippen LogP contribution in [0.3, 0.4) is 0 Å². The van der Waals surface area contributed by atoms with Gasteiger partial charge >= 0.3 is 0 Å². The van der Waals surface area contributed by atoms with Crippen LogP contribution < -0.4 is 15.6 Å². The third-order valence-electron chi connectivity index (χ3n) is 3.17. The Kier molecular flexibility index (Phi) is 6.13. The standard InChI is InChI=1S/C16H16ClN3O4S/c1-2-18-25(23,24)12-9-7-11(8-10-12)15(21)19-20-16(22)13-5-3-4-6-14(13)17/h3-10,18H,2H2,1H3,(H,19,21)(H,20,22). The summed E-state index contributed by atoms with van der Waals surface area (Å²) in [4.78, 5) is 24.0. The Labute approximate surface area is 150 Å². The van der Waals surface area contributed by atoms with Crippen molar-refractivity contribution in [1.82, 2.24) is 15.6 Å². The number of amides is 2. The molecule has 3 N–H and O–H groups in total. The molecule has 2 rings (SSSR count). The molecular weight excluding hydrogens is 366 g/mol. The molecule has 0 unspecified atom stereocenters. The lowest BCUT2D eigenvalue weighted by Crippen LogP contribution is -2.41. The van der Waals surface area contributed by atoms with Gasteiger partial charge in [0.1, 0.15) is 0 Å². The van der Waals surface area contributed by atoms with Crippen LogP contribution in [0, 0.1) is 0 Å². The van der Waals surface area contributed by atoms with Crippen LogP contribution in [0.1, 0.15) is 27.6 Å².